The molecule has 0 aliphatic rings. The fraction of sp³-hybridized carbons (Fsp3) is 0.268. The van der Waals surface area contributed by atoms with E-state index in [1.165, 1.54) is 10.9 Å². The Morgan fingerprint density at radius 2 is 1.40 bits per heavy atom. The first-order valence-electron chi connectivity index (χ1n) is 16.0. The molecule has 3 heterocycles. The first-order valence-corrected chi connectivity index (χ1v) is 16.0. The van der Waals surface area contributed by atoms with E-state index in [0.29, 0.717) is 0 Å². The molecule has 0 spiro atoms. The molecule has 6 heteroatoms. The van der Waals surface area contributed by atoms with Gasteiger partial charge in [0.05, 0.1) is 22.3 Å². The van der Waals surface area contributed by atoms with Gasteiger partial charge in [-0.25, -0.2) is 4.98 Å². The van der Waals surface area contributed by atoms with E-state index in [1.54, 1.807) is 0 Å². The van der Waals surface area contributed by atoms with Crippen LogP contribution >= 0.6 is 0 Å². The van der Waals surface area contributed by atoms with E-state index in [9.17, 15) is 5.11 Å². The van der Waals surface area contributed by atoms with Crippen LogP contribution in [0.4, 0.5) is 0 Å². The molecule has 7 rings (SSSR count). The molecule has 0 amide bonds. The number of imidazole rings is 1. The van der Waals surface area contributed by atoms with Crippen molar-refractivity contribution in [3.63, 3.8) is 0 Å². The van der Waals surface area contributed by atoms with Crippen LogP contribution in [-0.4, -0.2) is 19.2 Å². The molecule has 0 radical (unpaired) electrons. The van der Waals surface area contributed by atoms with Gasteiger partial charge >= 0.3 is 21.1 Å². The van der Waals surface area contributed by atoms with Gasteiger partial charge in [0.1, 0.15) is 11.6 Å². The van der Waals surface area contributed by atoms with Crippen LogP contribution in [0.15, 0.2) is 97.2 Å². The number of nitrogens with zero attached hydrogens (tertiary/aromatic N) is 4. The summed E-state index contributed by atoms with van der Waals surface area (Å²) < 4.78 is 6.42. The van der Waals surface area contributed by atoms with Gasteiger partial charge in [-0.15, -0.1) is 17.0 Å². The number of phenols is 1. The molecule has 0 unspecified atom stereocenters. The standard InChI is InChI=1S/C41H41N4O.Pt/c1-39(2,3)28-23-31(40(4,5)6)38(46)36(25-28)43-26-44(34-18-12-11-17-33(34)43)41(7,8)27-20-21-30-29-15-9-10-16-32(29)45(35(30)24-27)37-19-13-14-22-42-37;/h9-23,25,46H,1-8H3;/q-1;+2. The topological polar surface area (TPSA) is 46.9 Å². The first-order chi connectivity index (χ1) is 21.8. The van der Waals surface area contributed by atoms with Crippen molar-refractivity contribution in [2.75, 3.05) is 0 Å². The summed E-state index contributed by atoms with van der Waals surface area (Å²) in [5, 5.41) is 14.1. The predicted octanol–water partition coefficient (Wildman–Crippen LogP) is 9.09. The summed E-state index contributed by atoms with van der Waals surface area (Å²) in [7, 11) is 0. The van der Waals surface area contributed by atoms with Crippen molar-refractivity contribution in [3.8, 4) is 17.3 Å². The number of benzene rings is 4. The SMILES string of the molecule is CC(C)(C)c1cc(-n2[c-][n+](C(C)(C)c3[c-]c4c(cc3)c3ccccc3n4-c3ccccn3)c3ccccc32)c(O)c(C(C)(C)C)c1.[Pt+2]. The van der Waals surface area contributed by atoms with E-state index in [4.69, 9.17) is 4.98 Å². The van der Waals surface area contributed by atoms with E-state index in [2.05, 4.69) is 144 Å². The number of rotatable bonds is 4. The molecule has 47 heavy (non-hydrogen) atoms. The van der Waals surface area contributed by atoms with E-state index in [-0.39, 0.29) is 37.6 Å². The third-order valence-corrected chi connectivity index (χ3v) is 9.25. The van der Waals surface area contributed by atoms with Gasteiger partial charge in [0, 0.05) is 11.7 Å². The normalized spacial score (nSPS) is 12.6. The Hall–Kier alpha value is -4.21. The van der Waals surface area contributed by atoms with Crippen LogP contribution in [-0.2, 0) is 37.4 Å². The summed E-state index contributed by atoms with van der Waals surface area (Å²) >= 11 is 0. The molecule has 0 saturated heterocycles. The molecule has 3 aromatic heterocycles. The third kappa shape index (κ3) is 5.39. The van der Waals surface area contributed by atoms with Crippen LogP contribution in [0.25, 0.3) is 44.3 Å². The number of hydrogen-bond acceptors (Lipinski definition) is 2. The summed E-state index contributed by atoms with van der Waals surface area (Å²) in [6.07, 6.45) is 5.53. The number of aromatic nitrogens is 4. The molecular weight excluding hydrogens is 760 g/mol. The van der Waals surface area contributed by atoms with E-state index < -0.39 is 5.54 Å². The summed E-state index contributed by atoms with van der Waals surface area (Å²) in [5.41, 5.74) is 7.04. The fourth-order valence-electron chi connectivity index (χ4n) is 6.55. The van der Waals surface area contributed by atoms with Crippen molar-refractivity contribution in [3.05, 3.63) is 126 Å². The molecule has 240 valence electrons. The average molecular weight is 801 g/mol. The van der Waals surface area contributed by atoms with Gasteiger partial charge in [0.25, 0.3) is 0 Å². The maximum absolute atomic E-state index is 11.8. The second kappa shape index (κ2) is 11.5. The van der Waals surface area contributed by atoms with Crippen LogP contribution in [0.3, 0.4) is 0 Å². The zero-order valence-electron chi connectivity index (χ0n) is 28.3. The monoisotopic (exact) mass is 800 g/mol. The zero-order chi connectivity index (χ0) is 32.6. The minimum absolute atomic E-state index is 0. The molecule has 0 fully saturated rings. The number of para-hydroxylation sites is 3. The minimum Gasteiger partial charge on any atom is -0.513 e. The molecule has 5 nitrogen and oxygen atoms in total. The van der Waals surface area contributed by atoms with Crippen molar-refractivity contribution >= 4 is 32.8 Å². The molecule has 0 aliphatic carbocycles. The second-order valence-corrected chi connectivity index (χ2v) is 14.9. The van der Waals surface area contributed by atoms with Crippen molar-refractivity contribution in [2.45, 2.75) is 71.8 Å². The predicted molar refractivity (Wildman–Crippen MR) is 187 cm³/mol. The van der Waals surface area contributed by atoms with Crippen LogP contribution < -0.4 is 4.57 Å². The Morgan fingerprint density at radius 1 is 0.723 bits per heavy atom. The van der Waals surface area contributed by atoms with E-state index in [0.717, 1.165) is 50.1 Å². The van der Waals surface area contributed by atoms with Gasteiger partial charge in [-0.2, -0.15) is 12.1 Å². The van der Waals surface area contributed by atoms with E-state index >= 15 is 0 Å². The van der Waals surface area contributed by atoms with Gasteiger partial charge in [0.15, 0.2) is 0 Å². The number of phenolic OH excluding ortho intramolecular Hbond substituents is 1. The molecule has 7 aromatic rings. The molecule has 0 aliphatic heterocycles. The van der Waals surface area contributed by atoms with Crippen LogP contribution in [0.2, 0.25) is 0 Å². The number of aromatic hydroxyl groups is 1. The summed E-state index contributed by atoms with van der Waals surface area (Å²) in [5.74, 6) is 1.15. The smallest absolute Gasteiger partial charge is 0.513 e. The summed E-state index contributed by atoms with van der Waals surface area (Å²) in [6, 6.07) is 35.3. The molecular formula is C41H41N4OPt+. The van der Waals surface area contributed by atoms with Crippen molar-refractivity contribution in [1.29, 1.82) is 0 Å². The fourth-order valence-corrected chi connectivity index (χ4v) is 6.55. The maximum atomic E-state index is 11.8. The molecule has 0 bridgehead atoms. The van der Waals surface area contributed by atoms with Crippen molar-refractivity contribution in [2.24, 2.45) is 0 Å². The van der Waals surface area contributed by atoms with Crippen LogP contribution in [0.1, 0.15) is 72.1 Å². The minimum atomic E-state index is -0.547. The van der Waals surface area contributed by atoms with Gasteiger partial charge < -0.3 is 18.8 Å². The van der Waals surface area contributed by atoms with Crippen molar-refractivity contribution < 1.29 is 30.7 Å². The molecule has 1 N–H and O–H groups in total. The van der Waals surface area contributed by atoms with Crippen LogP contribution in [0, 0.1) is 12.4 Å². The van der Waals surface area contributed by atoms with Gasteiger partial charge in [-0.3, -0.25) is 0 Å². The number of fused-ring (bicyclic) bond motifs is 4. The second-order valence-electron chi connectivity index (χ2n) is 14.9. The zero-order valence-corrected chi connectivity index (χ0v) is 30.6. The summed E-state index contributed by atoms with van der Waals surface area (Å²) in [4.78, 5) is 4.71. The Bertz CT molecular complexity index is 2260. The molecule has 0 atom stereocenters. The van der Waals surface area contributed by atoms with Crippen LogP contribution in [0.5, 0.6) is 5.75 Å². The van der Waals surface area contributed by atoms with Gasteiger partial charge in [-0.1, -0.05) is 108 Å². The summed E-state index contributed by atoms with van der Waals surface area (Å²) in [6.45, 7) is 17.5. The van der Waals surface area contributed by atoms with Crippen molar-refractivity contribution in [1.82, 2.24) is 14.1 Å². The number of hydrogen-bond donors (Lipinski definition) is 1. The average Bonchev–Trinajstić information content (AvgIpc) is 3.57. The maximum Gasteiger partial charge on any atom is 2.00 e. The van der Waals surface area contributed by atoms with Gasteiger partial charge in [-0.05, 0) is 59.4 Å². The Morgan fingerprint density at radius 3 is 2.09 bits per heavy atom. The Labute approximate surface area is 291 Å². The van der Waals surface area contributed by atoms with E-state index in [1.807, 2.05) is 35.0 Å². The quantitative estimate of drug-likeness (QED) is 0.143. The van der Waals surface area contributed by atoms with Gasteiger partial charge in [0.2, 0.25) is 6.33 Å². The largest absolute Gasteiger partial charge is 2.00 e. The molecule has 0 saturated carbocycles. The number of pyridine rings is 1. The Balaban J connectivity index is 0.00000386. The molecule has 4 aromatic carbocycles. The first kappa shape index (κ1) is 32.7. The Kier molecular flexibility index (Phi) is 8.00. The third-order valence-electron chi connectivity index (χ3n) is 9.25.